The van der Waals surface area contributed by atoms with Crippen LogP contribution in [-0.2, 0) is 12.3 Å². The number of thioether (sulfide) groups is 2. The minimum absolute atomic E-state index is 0.123. The highest BCUT2D eigenvalue weighted by Gasteiger charge is 2.20. The summed E-state index contributed by atoms with van der Waals surface area (Å²) in [4.78, 5) is 26.0. The van der Waals surface area contributed by atoms with E-state index in [0.717, 1.165) is 16.1 Å². The molecule has 31 heavy (non-hydrogen) atoms. The maximum atomic E-state index is 12.8. The molecule has 2 aromatic carbocycles. The molecule has 1 heterocycles. The third-order valence-electron chi connectivity index (χ3n) is 4.56. The lowest BCUT2D eigenvalue weighted by atomic mass is 10.2. The van der Waals surface area contributed by atoms with Crippen LogP contribution in [0.2, 0.25) is 0 Å². The van der Waals surface area contributed by atoms with E-state index in [-0.39, 0.29) is 11.8 Å². The second-order valence-corrected chi connectivity index (χ2v) is 8.42. The van der Waals surface area contributed by atoms with Crippen molar-refractivity contribution >= 4 is 35.3 Å². The van der Waals surface area contributed by atoms with Gasteiger partial charge in [-0.15, -0.1) is 16.9 Å². The van der Waals surface area contributed by atoms with Crippen molar-refractivity contribution in [3.8, 4) is 5.69 Å². The van der Waals surface area contributed by atoms with Crippen LogP contribution in [0.5, 0.6) is 0 Å². The van der Waals surface area contributed by atoms with Crippen molar-refractivity contribution < 1.29 is 9.59 Å². The molecular formula is C22H25N5O2S2. The van der Waals surface area contributed by atoms with Crippen LogP contribution in [0.1, 0.15) is 39.0 Å². The molecule has 0 fully saturated rings. The van der Waals surface area contributed by atoms with Gasteiger partial charge in [-0.1, -0.05) is 17.3 Å². The first-order chi connectivity index (χ1) is 15.1. The third-order valence-corrected chi connectivity index (χ3v) is 5.85. The molecule has 7 nitrogen and oxygen atoms in total. The summed E-state index contributed by atoms with van der Waals surface area (Å²) >= 11 is 3.25. The molecule has 0 saturated heterocycles. The first-order valence-electron chi connectivity index (χ1n) is 9.80. The van der Waals surface area contributed by atoms with Gasteiger partial charge in [0.2, 0.25) is 0 Å². The molecule has 0 spiro atoms. The fourth-order valence-corrected chi connectivity index (χ4v) is 4.03. The van der Waals surface area contributed by atoms with Gasteiger partial charge in [0.15, 0.2) is 5.69 Å². The lowest BCUT2D eigenvalue weighted by molar-refractivity contribution is 0.0940. The van der Waals surface area contributed by atoms with Gasteiger partial charge in [-0.05, 0) is 61.4 Å². The first-order valence-corrected chi connectivity index (χ1v) is 12.4. The third kappa shape index (κ3) is 5.68. The van der Waals surface area contributed by atoms with Crippen molar-refractivity contribution in [1.29, 1.82) is 0 Å². The fraction of sp³-hybridized carbons (Fsp3) is 0.273. The van der Waals surface area contributed by atoms with E-state index in [1.807, 2.05) is 37.6 Å². The van der Waals surface area contributed by atoms with E-state index < -0.39 is 0 Å². The summed E-state index contributed by atoms with van der Waals surface area (Å²) < 4.78 is 1.65. The van der Waals surface area contributed by atoms with E-state index in [9.17, 15) is 9.59 Å². The molecule has 2 amide bonds. The molecule has 0 aliphatic rings. The highest BCUT2D eigenvalue weighted by Crippen LogP contribution is 2.19. The number of hydrogen-bond donors (Lipinski definition) is 2. The maximum absolute atomic E-state index is 12.8. The lowest BCUT2D eigenvalue weighted by Crippen LogP contribution is -2.24. The van der Waals surface area contributed by atoms with Crippen LogP contribution in [-0.4, -0.2) is 45.9 Å². The van der Waals surface area contributed by atoms with Crippen LogP contribution in [0.3, 0.4) is 0 Å². The Balaban J connectivity index is 1.79. The van der Waals surface area contributed by atoms with Crippen LogP contribution < -0.4 is 10.6 Å². The van der Waals surface area contributed by atoms with Gasteiger partial charge in [0.25, 0.3) is 11.8 Å². The van der Waals surface area contributed by atoms with Crippen molar-refractivity contribution in [2.24, 2.45) is 0 Å². The molecule has 0 unspecified atom stereocenters. The van der Waals surface area contributed by atoms with Gasteiger partial charge >= 0.3 is 0 Å². The standard InChI is InChI=1S/C22H25N5O2S2/c1-4-23-21(28)16-8-10-17(11-9-16)27-19(14-30-2)20(25-26-27)22(29)24-13-15-6-5-7-18(12-15)31-3/h5-12H,4,13-14H2,1-3H3,(H,23,28)(H,24,29). The molecule has 3 aromatic rings. The summed E-state index contributed by atoms with van der Waals surface area (Å²) in [6.45, 7) is 2.87. The zero-order valence-corrected chi connectivity index (χ0v) is 19.3. The Morgan fingerprint density at radius 2 is 1.81 bits per heavy atom. The van der Waals surface area contributed by atoms with Gasteiger partial charge in [-0.25, -0.2) is 4.68 Å². The Morgan fingerprint density at radius 3 is 2.48 bits per heavy atom. The second kappa shape index (κ2) is 11.0. The first kappa shape index (κ1) is 22.9. The monoisotopic (exact) mass is 455 g/mol. The maximum Gasteiger partial charge on any atom is 0.274 e. The summed E-state index contributed by atoms with van der Waals surface area (Å²) in [6.07, 6.45) is 3.98. The molecule has 0 aliphatic heterocycles. The number of benzene rings is 2. The largest absolute Gasteiger partial charge is 0.352 e. The number of carbonyl (C=O) groups excluding carboxylic acids is 2. The van der Waals surface area contributed by atoms with Crippen molar-refractivity contribution in [3.63, 3.8) is 0 Å². The van der Waals surface area contributed by atoms with Crippen molar-refractivity contribution in [2.45, 2.75) is 24.1 Å². The van der Waals surface area contributed by atoms with Crippen molar-refractivity contribution in [1.82, 2.24) is 25.6 Å². The fourth-order valence-electron chi connectivity index (χ4n) is 3.02. The molecule has 1 aromatic heterocycles. The van der Waals surface area contributed by atoms with Gasteiger partial charge in [0, 0.05) is 29.3 Å². The van der Waals surface area contributed by atoms with E-state index in [2.05, 4.69) is 27.0 Å². The summed E-state index contributed by atoms with van der Waals surface area (Å²) in [5, 5.41) is 14.1. The van der Waals surface area contributed by atoms with Gasteiger partial charge in [0.05, 0.1) is 11.4 Å². The van der Waals surface area contributed by atoms with E-state index >= 15 is 0 Å². The quantitative estimate of drug-likeness (QED) is 0.480. The van der Waals surface area contributed by atoms with E-state index in [1.54, 1.807) is 52.5 Å². The molecule has 0 radical (unpaired) electrons. The van der Waals surface area contributed by atoms with Crippen LogP contribution in [0.15, 0.2) is 53.4 Å². The predicted molar refractivity (Wildman–Crippen MR) is 126 cm³/mol. The Kier molecular flexibility index (Phi) is 8.13. The molecule has 9 heteroatoms. The van der Waals surface area contributed by atoms with Crippen molar-refractivity contribution in [3.05, 3.63) is 71.0 Å². The number of hydrogen-bond acceptors (Lipinski definition) is 6. The highest BCUT2D eigenvalue weighted by atomic mass is 32.2. The number of rotatable bonds is 9. The smallest absolute Gasteiger partial charge is 0.274 e. The molecule has 3 rings (SSSR count). The molecule has 0 bridgehead atoms. The van der Waals surface area contributed by atoms with Crippen LogP contribution in [0.25, 0.3) is 5.69 Å². The van der Waals surface area contributed by atoms with Gasteiger partial charge < -0.3 is 10.6 Å². The molecule has 0 aliphatic carbocycles. The minimum Gasteiger partial charge on any atom is -0.352 e. The van der Waals surface area contributed by atoms with Gasteiger partial charge in [-0.2, -0.15) is 11.8 Å². The molecule has 0 atom stereocenters. The second-order valence-electron chi connectivity index (χ2n) is 6.67. The van der Waals surface area contributed by atoms with Gasteiger partial charge in [-0.3, -0.25) is 9.59 Å². The molecule has 0 saturated carbocycles. The highest BCUT2D eigenvalue weighted by molar-refractivity contribution is 7.98. The van der Waals surface area contributed by atoms with E-state index in [1.165, 1.54) is 0 Å². The number of nitrogens with zero attached hydrogens (tertiary/aromatic N) is 3. The summed E-state index contributed by atoms with van der Waals surface area (Å²) in [7, 11) is 0. The number of aromatic nitrogens is 3. The molecule has 2 N–H and O–H groups in total. The summed E-state index contributed by atoms with van der Waals surface area (Å²) in [6, 6.07) is 15.1. The summed E-state index contributed by atoms with van der Waals surface area (Å²) in [5.41, 5.74) is 3.37. The molecule has 162 valence electrons. The zero-order valence-electron chi connectivity index (χ0n) is 17.7. The number of amides is 2. The van der Waals surface area contributed by atoms with Crippen LogP contribution in [0.4, 0.5) is 0 Å². The van der Waals surface area contributed by atoms with E-state index in [0.29, 0.717) is 35.8 Å². The average Bonchev–Trinajstić information content (AvgIpc) is 3.22. The van der Waals surface area contributed by atoms with Gasteiger partial charge in [0.1, 0.15) is 0 Å². The lowest BCUT2D eigenvalue weighted by Gasteiger charge is -2.09. The Hall–Kier alpha value is -2.78. The van der Waals surface area contributed by atoms with Crippen LogP contribution in [0, 0.1) is 0 Å². The molecular weight excluding hydrogens is 430 g/mol. The topological polar surface area (TPSA) is 88.9 Å². The minimum atomic E-state index is -0.260. The Bertz CT molecular complexity index is 1050. The Labute approximate surface area is 190 Å². The predicted octanol–water partition coefficient (Wildman–Crippen LogP) is 3.53. The Morgan fingerprint density at radius 1 is 1.03 bits per heavy atom. The normalized spacial score (nSPS) is 10.7. The SMILES string of the molecule is CCNC(=O)c1ccc(-n2nnc(C(=O)NCc3cccc(SC)c3)c2CSC)cc1. The van der Waals surface area contributed by atoms with E-state index in [4.69, 9.17) is 0 Å². The van der Waals surface area contributed by atoms with Crippen molar-refractivity contribution in [2.75, 3.05) is 19.1 Å². The number of nitrogens with one attached hydrogen (secondary N) is 2. The zero-order chi connectivity index (χ0) is 22.2. The number of carbonyl (C=O) groups is 2. The summed E-state index contributed by atoms with van der Waals surface area (Å²) in [5.74, 6) is 0.196. The van der Waals surface area contributed by atoms with Crippen LogP contribution >= 0.6 is 23.5 Å². The average molecular weight is 456 g/mol.